The van der Waals surface area contributed by atoms with E-state index < -0.39 is 12.3 Å². The third-order valence-electron chi connectivity index (χ3n) is 3.01. The Morgan fingerprint density at radius 2 is 1.86 bits per heavy atom. The molecule has 0 radical (unpaired) electrons. The highest BCUT2D eigenvalue weighted by Crippen LogP contribution is 2.34. The molecule has 0 heterocycles. The highest BCUT2D eigenvalue weighted by Gasteiger charge is 2.29. The van der Waals surface area contributed by atoms with Gasteiger partial charge < -0.3 is 5.11 Å². The van der Waals surface area contributed by atoms with Gasteiger partial charge in [-0.2, -0.15) is 0 Å². The minimum Gasteiger partial charge on any atom is -0.390 e. The second kappa shape index (κ2) is 4.09. The molecule has 3 unspecified atom stereocenters. The third-order valence-corrected chi connectivity index (χ3v) is 3.01. The Morgan fingerprint density at radius 1 is 1.14 bits per heavy atom. The fraction of sp³-hybridized carbons (Fsp3) is 0.500. The van der Waals surface area contributed by atoms with Crippen LogP contribution in [0.5, 0.6) is 0 Å². The zero-order valence-corrected chi connectivity index (χ0v) is 8.07. The molecule has 0 aromatic heterocycles. The molecule has 1 fully saturated rings. The minimum absolute atomic E-state index is 0.287. The smallest absolute Gasteiger partial charge is 0.126 e. The van der Waals surface area contributed by atoms with Crippen molar-refractivity contribution in [1.29, 1.82) is 0 Å². The lowest BCUT2D eigenvalue weighted by molar-refractivity contribution is 0.0369. The average molecular weight is 194 g/mol. The first-order valence-electron chi connectivity index (χ1n) is 5.14. The molecule has 76 valence electrons. The predicted molar refractivity (Wildman–Crippen MR) is 53.9 cm³/mol. The maximum absolute atomic E-state index is 13.3. The Bertz CT molecular complexity index is 286. The first-order valence-corrected chi connectivity index (χ1v) is 5.14. The van der Waals surface area contributed by atoms with Crippen LogP contribution in [0.1, 0.15) is 30.7 Å². The van der Waals surface area contributed by atoms with Gasteiger partial charge in [0.05, 0.1) is 6.10 Å². The summed E-state index contributed by atoms with van der Waals surface area (Å²) in [5.41, 5.74) is 1.20. The molecule has 0 aliphatic heterocycles. The monoisotopic (exact) mass is 194 g/mol. The second-order valence-electron chi connectivity index (χ2n) is 4.00. The molecule has 2 heteroatoms. The van der Waals surface area contributed by atoms with E-state index in [4.69, 9.17) is 0 Å². The molecule has 0 bridgehead atoms. The van der Waals surface area contributed by atoms with Crippen molar-refractivity contribution in [3.8, 4) is 0 Å². The summed E-state index contributed by atoms with van der Waals surface area (Å²) in [5.74, 6) is 0.287. The minimum atomic E-state index is -1.05. The summed E-state index contributed by atoms with van der Waals surface area (Å²) in [6.07, 6.45) is 0.154. The molecule has 0 spiro atoms. The molecule has 1 saturated carbocycles. The largest absolute Gasteiger partial charge is 0.390 e. The van der Waals surface area contributed by atoms with Crippen LogP contribution in [-0.2, 0) is 0 Å². The molecule has 0 saturated heterocycles. The molecule has 14 heavy (non-hydrogen) atoms. The van der Waals surface area contributed by atoms with Gasteiger partial charge >= 0.3 is 0 Å². The van der Waals surface area contributed by atoms with Gasteiger partial charge in [-0.05, 0) is 30.7 Å². The van der Waals surface area contributed by atoms with Gasteiger partial charge in [0.25, 0.3) is 0 Å². The summed E-state index contributed by atoms with van der Waals surface area (Å²) < 4.78 is 13.3. The molecule has 3 atom stereocenters. The van der Waals surface area contributed by atoms with Crippen molar-refractivity contribution in [2.45, 2.75) is 37.5 Å². The summed E-state index contributed by atoms with van der Waals surface area (Å²) in [6, 6.07) is 10.00. The van der Waals surface area contributed by atoms with Gasteiger partial charge in [0.15, 0.2) is 0 Å². The molecule has 1 nitrogen and oxygen atoms in total. The highest BCUT2D eigenvalue weighted by molar-refractivity contribution is 5.20. The number of alkyl halides is 1. The fourth-order valence-corrected chi connectivity index (χ4v) is 2.13. The van der Waals surface area contributed by atoms with E-state index in [9.17, 15) is 9.50 Å². The number of benzene rings is 1. The topological polar surface area (TPSA) is 20.2 Å². The molecular weight excluding hydrogens is 179 g/mol. The molecule has 1 N–H and O–H groups in total. The number of halogens is 1. The third kappa shape index (κ3) is 1.95. The van der Waals surface area contributed by atoms with Gasteiger partial charge in [-0.3, -0.25) is 0 Å². The summed E-state index contributed by atoms with van der Waals surface area (Å²) in [5, 5.41) is 9.27. The van der Waals surface area contributed by atoms with Crippen LogP contribution in [0.3, 0.4) is 0 Å². The van der Waals surface area contributed by atoms with Gasteiger partial charge in [-0.1, -0.05) is 30.3 Å². The van der Waals surface area contributed by atoms with Crippen LogP contribution in [0.2, 0.25) is 0 Å². The molecule has 1 aliphatic carbocycles. The van der Waals surface area contributed by atoms with Gasteiger partial charge in [-0.25, -0.2) is 4.39 Å². The number of rotatable bonds is 1. The maximum Gasteiger partial charge on any atom is 0.126 e. The van der Waals surface area contributed by atoms with E-state index in [1.54, 1.807) is 0 Å². The Labute approximate surface area is 83.6 Å². The van der Waals surface area contributed by atoms with Gasteiger partial charge in [0.2, 0.25) is 0 Å². The van der Waals surface area contributed by atoms with Gasteiger partial charge in [0.1, 0.15) is 6.17 Å². The first kappa shape index (κ1) is 9.66. The van der Waals surface area contributed by atoms with E-state index in [1.807, 2.05) is 30.3 Å². The molecule has 2 rings (SSSR count). The van der Waals surface area contributed by atoms with E-state index in [0.717, 1.165) is 6.42 Å². The lowest BCUT2D eigenvalue weighted by Crippen LogP contribution is -2.29. The molecule has 0 amide bonds. The van der Waals surface area contributed by atoms with Crippen molar-refractivity contribution in [2.75, 3.05) is 0 Å². The maximum atomic E-state index is 13.3. The van der Waals surface area contributed by atoms with Crippen LogP contribution in [-0.4, -0.2) is 17.4 Å². The van der Waals surface area contributed by atoms with E-state index in [-0.39, 0.29) is 5.92 Å². The SMILES string of the molecule is OC1CCC(c2ccccc2)CC1F. The quantitative estimate of drug-likeness (QED) is 0.728. The summed E-state index contributed by atoms with van der Waals surface area (Å²) in [4.78, 5) is 0. The van der Waals surface area contributed by atoms with Gasteiger partial charge in [0, 0.05) is 0 Å². The fourth-order valence-electron chi connectivity index (χ4n) is 2.13. The summed E-state index contributed by atoms with van der Waals surface area (Å²) in [7, 11) is 0. The van der Waals surface area contributed by atoms with Crippen LogP contribution >= 0.6 is 0 Å². The first-order chi connectivity index (χ1) is 6.77. The van der Waals surface area contributed by atoms with Crippen molar-refractivity contribution in [1.82, 2.24) is 0 Å². The van der Waals surface area contributed by atoms with Gasteiger partial charge in [-0.15, -0.1) is 0 Å². The highest BCUT2D eigenvalue weighted by atomic mass is 19.1. The van der Waals surface area contributed by atoms with Crippen molar-refractivity contribution in [3.05, 3.63) is 35.9 Å². The van der Waals surface area contributed by atoms with E-state index in [0.29, 0.717) is 12.8 Å². The Kier molecular flexibility index (Phi) is 2.82. The molecule has 1 aliphatic rings. The van der Waals surface area contributed by atoms with Crippen molar-refractivity contribution >= 4 is 0 Å². The van der Waals surface area contributed by atoms with Crippen LogP contribution < -0.4 is 0 Å². The number of hydrogen-bond donors (Lipinski definition) is 1. The van der Waals surface area contributed by atoms with Crippen LogP contribution in [0, 0.1) is 0 Å². The number of hydrogen-bond acceptors (Lipinski definition) is 1. The van der Waals surface area contributed by atoms with Crippen LogP contribution in [0.4, 0.5) is 4.39 Å². The average Bonchev–Trinajstić information content (AvgIpc) is 2.23. The molecule has 1 aromatic carbocycles. The summed E-state index contributed by atoms with van der Waals surface area (Å²) >= 11 is 0. The van der Waals surface area contributed by atoms with Crippen LogP contribution in [0.15, 0.2) is 30.3 Å². The summed E-state index contributed by atoms with van der Waals surface area (Å²) in [6.45, 7) is 0. The zero-order valence-electron chi connectivity index (χ0n) is 8.07. The van der Waals surface area contributed by atoms with Crippen molar-refractivity contribution in [2.24, 2.45) is 0 Å². The van der Waals surface area contributed by atoms with E-state index in [2.05, 4.69) is 0 Å². The Balaban J connectivity index is 2.07. The van der Waals surface area contributed by atoms with E-state index >= 15 is 0 Å². The molecular formula is C12H15FO. The van der Waals surface area contributed by atoms with E-state index in [1.165, 1.54) is 5.56 Å². The molecule has 1 aromatic rings. The zero-order chi connectivity index (χ0) is 9.97. The second-order valence-corrected chi connectivity index (χ2v) is 4.00. The lowest BCUT2D eigenvalue weighted by Gasteiger charge is -2.28. The van der Waals surface area contributed by atoms with Crippen molar-refractivity contribution in [3.63, 3.8) is 0 Å². The normalized spacial score (nSPS) is 32.9. The van der Waals surface area contributed by atoms with Crippen LogP contribution in [0.25, 0.3) is 0 Å². The predicted octanol–water partition coefficient (Wildman–Crippen LogP) is 2.65. The number of aliphatic hydroxyl groups is 1. The van der Waals surface area contributed by atoms with Crippen molar-refractivity contribution < 1.29 is 9.50 Å². The standard InChI is InChI=1S/C12H15FO/c13-11-8-10(6-7-12(11)14)9-4-2-1-3-5-9/h1-5,10-12,14H,6-8H2. The number of aliphatic hydroxyl groups excluding tert-OH is 1. The Hall–Kier alpha value is -0.890. The Morgan fingerprint density at radius 3 is 2.50 bits per heavy atom. The lowest BCUT2D eigenvalue weighted by atomic mass is 9.82.